The first kappa shape index (κ1) is 21.0. The molecule has 0 saturated carbocycles. The fourth-order valence-electron chi connectivity index (χ4n) is 3.44. The van der Waals surface area contributed by atoms with Gasteiger partial charge in [-0.1, -0.05) is 19.9 Å². The molecule has 148 valence electrons. The molecular weight excluding hydrogens is 342 g/mol. The number of ether oxygens (including phenoxy) is 1. The molecule has 0 aliphatic carbocycles. The van der Waals surface area contributed by atoms with E-state index in [0.717, 1.165) is 19.6 Å². The van der Waals surface area contributed by atoms with E-state index in [1.807, 2.05) is 13.8 Å². The van der Waals surface area contributed by atoms with Gasteiger partial charge in [-0.15, -0.1) is 0 Å². The van der Waals surface area contributed by atoms with Gasteiger partial charge in [-0.3, -0.25) is 4.79 Å². The van der Waals surface area contributed by atoms with Crippen molar-refractivity contribution in [2.24, 2.45) is 0 Å². The molecule has 0 saturated heterocycles. The van der Waals surface area contributed by atoms with Gasteiger partial charge in [-0.2, -0.15) is 0 Å². The van der Waals surface area contributed by atoms with Gasteiger partial charge in [0.2, 0.25) is 0 Å². The highest BCUT2D eigenvalue weighted by molar-refractivity contribution is 5.83. The van der Waals surface area contributed by atoms with Crippen LogP contribution in [0.2, 0.25) is 0 Å². The van der Waals surface area contributed by atoms with Crippen molar-refractivity contribution in [2.75, 3.05) is 33.3 Å². The number of phenolic OH excluding ortho intramolecular Hbond substituents is 1. The molecule has 0 amide bonds. The van der Waals surface area contributed by atoms with Gasteiger partial charge in [-0.25, -0.2) is 5.01 Å². The number of likely N-dealkylation sites (N-methyl/N-ethyl adjacent to an activating group) is 1. The lowest BCUT2D eigenvalue weighted by Gasteiger charge is -2.34. The van der Waals surface area contributed by atoms with Crippen molar-refractivity contribution in [3.8, 4) is 11.5 Å². The lowest BCUT2D eigenvalue weighted by Crippen LogP contribution is -2.40. The number of aromatic hydroxyl groups is 1. The number of hydrogen-bond acceptors (Lipinski definition) is 6. The van der Waals surface area contributed by atoms with Crippen LogP contribution in [0.15, 0.2) is 41.1 Å². The Hall–Kier alpha value is -2.31. The Morgan fingerprint density at radius 1 is 1.30 bits per heavy atom. The lowest BCUT2D eigenvalue weighted by molar-refractivity contribution is 0.0409. The van der Waals surface area contributed by atoms with Gasteiger partial charge in [0.1, 0.15) is 18.1 Å². The molecule has 0 spiro atoms. The molecule has 0 aromatic heterocycles. The molecule has 2 aliphatic heterocycles. The minimum absolute atomic E-state index is 0.0580. The van der Waals surface area contributed by atoms with E-state index in [9.17, 15) is 9.90 Å². The van der Waals surface area contributed by atoms with Crippen molar-refractivity contribution in [3.05, 3.63) is 46.7 Å². The molecule has 1 aromatic carbocycles. The Morgan fingerprint density at radius 3 is 2.70 bits per heavy atom. The van der Waals surface area contributed by atoms with Gasteiger partial charge < -0.3 is 20.2 Å². The number of rotatable bonds is 6. The second-order valence-electron chi connectivity index (χ2n) is 6.65. The molecule has 2 N–H and O–H groups in total. The Labute approximate surface area is 162 Å². The molecule has 3 rings (SSSR count). The number of hydrazine groups is 1. The predicted molar refractivity (Wildman–Crippen MR) is 108 cm³/mol. The molecule has 0 fully saturated rings. The molecule has 2 heterocycles. The first-order valence-electron chi connectivity index (χ1n) is 9.55. The monoisotopic (exact) mass is 373 g/mol. The summed E-state index contributed by atoms with van der Waals surface area (Å²) in [6.45, 7) is 11.2. The second kappa shape index (κ2) is 9.58. The van der Waals surface area contributed by atoms with Crippen LogP contribution in [-0.4, -0.2) is 60.7 Å². The molecule has 2 aliphatic rings. The number of hydrogen-bond donors (Lipinski definition) is 2. The zero-order chi connectivity index (χ0) is 20.0. The maximum atomic E-state index is 11.2. The molecule has 1 aromatic rings. The van der Waals surface area contributed by atoms with Crippen LogP contribution in [0.1, 0.15) is 38.1 Å². The van der Waals surface area contributed by atoms with Crippen molar-refractivity contribution in [1.29, 1.82) is 0 Å². The molecule has 6 heteroatoms. The SMILES string of the molecule is CC.CC(C)N1C(C2=C(COc3cccc(O)c3C=O)CNC2)=CCN1C. The Balaban J connectivity index is 0.00000126. The summed E-state index contributed by atoms with van der Waals surface area (Å²) in [5, 5.41) is 17.7. The van der Waals surface area contributed by atoms with Crippen LogP contribution in [0.5, 0.6) is 11.5 Å². The normalized spacial score (nSPS) is 17.1. The average molecular weight is 373 g/mol. The van der Waals surface area contributed by atoms with E-state index in [4.69, 9.17) is 4.74 Å². The highest BCUT2D eigenvalue weighted by Gasteiger charge is 2.29. The van der Waals surface area contributed by atoms with E-state index in [2.05, 4.69) is 42.3 Å². The van der Waals surface area contributed by atoms with Crippen molar-refractivity contribution < 1.29 is 14.6 Å². The van der Waals surface area contributed by atoms with E-state index in [0.29, 0.717) is 24.7 Å². The number of nitrogens with one attached hydrogen (secondary N) is 1. The number of nitrogens with zero attached hydrogens (tertiary/aromatic N) is 2. The lowest BCUT2D eigenvalue weighted by atomic mass is 10.1. The molecule has 6 nitrogen and oxygen atoms in total. The molecule has 0 radical (unpaired) electrons. The highest BCUT2D eigenvalue weighted by atomic mass is 16.5. The largest absolute Gasteiger partial charge is 0.507 e. The van der Waals surface area contributed by atoms with Crippen LogP contribution >= 0.6 is 0 Å². The quantitative estimate of drug-likeness (QED) is 0.748. The van der Waals surface area contributed by atoms with E-state index in [-0.39, 0.29) is 11.3 Å². The third-order valence-corrected chi connectivity index (χ3v) is 4.59. The first-order valence-corrected chi connectivity index (χ1v) is 9.55. The molecule has 0 bridgehead atoms. The van der Waals surface area contributed by atoms with Crippen LogP contribution in [-0.2, 0) is 0 Å². The maximum absolute atomic E-state index is 11.2. The van der Waals surface area contributed by atoms with Crippen LogP contribution in [0.25, 0.3) is 0 Å². The Bertz CT molecular complexity index is 725. The number of benzene rings is 1. The summed E-state index contributed by atoms with van der Waals surface area (Å²) >= 11 is 0. The summed E-state index contributed by atoms with van der Waals surface area (Å²) in [5.41, 5.74) is 3.85. The van der Waals surface area contributed by atoms with Crippen LogP contribution in [0, 0.1) is 0 Å². The fourth-order valence-corrected chi connectivity index (χ4v) is 3.44. The summed E-state index contributed by atoms with van der Waals surface area (Å²) < 4.78 is 5.86. The smallest absolute Gasteiger partial charge is 0.157 e. The highest BCUT2D eigenvalue weighted by Crippen LogP contribution is 2.30. The van der Waals surface area contributed by atoms with Crippen molar-refractivity contribution in [1.82, 2.24) is 15.3 Å². The zero-order valence-electron chi connectivity index (χ0n) is 17.0. The molecule has 0 unspecified atom stereocenters. The van der Waals surface area contributed by atoms with Gasteiger partial charge in [0.15, 0.2) is 6.29 Å². The van der Waals surface area contributed by atoms with Crippen molar-refractivity contribution in [3.63, 3.8) is 0 Å². The minimum Gasteiger partial charge on any atom is -0.507 e. The Morgan fingerprint density at radius 2 is 2.04 bits per heavy atom. The minimum atomic E-state index is -0.0580. The van der Waals surface area contributed by atoms with Gasteiger partial charge in [0.05, 0.1) is 11.3 Å². The maximum Gasteiger partial charge on any atom is 0.157 e. The summed E-state index contributed by atoms with van der Waals surface area (Å²) in [4.78, 5) is 11.2. The number of aldehydes is 1. The standard InChI is InChI=1S/C19H25N3O3.C2H6/c1-13(2)22-17(7-8-21(22)3)15-10-20-9-14(15)12-25-19-6-4-5-18(24)16(19)11-23;1-2/h4-7,11,13,20,24H,8-10,12H2,1-3H3;1-2H3. The molecule has 0 atom stereocenters. The second-order valence-corrected chi connectivity index (χ2v) is 6.65. The third-order valence-electron chi connectivity index (χ3n) is 4.59. The predicted octanol–water partition coefficient (Wildman–Crippen LogP) is 2.96. The topological polar surface area (TPSA) is 65.0 Å². The van der Waals surface area contributed by atoms with E-state index >= 15 is 0 Å². The number of carbonyl (C=O) groups is 1. The molecular formula is C21H31N3O3. The summed E-state index contributed by atoms with van der Waals surface area (Å²) in [7, 11) is 2.09. The van der Waals surface area contributed by atoms with E-state index in [1.54, 1.807) is 12.1 Å². The van der Waals surface area contributed by atoms with Gasteiger partial charge >= 0.3 is 0 Å². The molecule has 27 heavy (non-hydrogen) atoms. The van der Waals surface area contributed by atoms with Crippen LogP contribution < -0.4 is 10.1 Å². The average Bonchev–Trinajstić information content (AvgIpc) is 3.27. The van der Waals surface area contributed by atoms with Crippen molar-refractivity contribution in [2.45, 2.75) is 33.7 Å². The van der Waals surface area contributed by atoms with Gasteiger partial charge in [0.25, 0.3) is 0 Å². The zero-order valence-corrected chi connectivity index (χ0v) is 17.0. The summed E-state index contributed by atoms with van der Waals surface area (Å²) in [6, 6.07) is 5.24. The van der Waals surface area contributed by atoms with Crippen molar-refractivity contribution >= 4 is 6.29 Å². The van der Waals surface area contributed by atoms with Crippen LogP contribution in [0.3, 0.4) is 0 Å². The van der Waals surface area contributed by atoms with E-state index in [1.165, 1.54) is 22.9 Å². The number of phenols is 1. The van der Waals surface area contributed by atoms with E-state index < -0.39 is 0 Å². The van der Waals surface area contributed by atoms with Gasteiger partial charge in [-0.05, 0) is 43.2 Å². The number of carbonyl (C=O) groups excluding carboxylic acids is 1. The first-order chi connectivity index (χ1) is 13.0. The Kier molecular flexibility index (Phi) is 7.45. The van der Waals surface area contributed by atoms with Crippen LogP contribution in [0.4, 0.5) is 0 Å². The third kappa shape index (κ3) is 4.51. The summed E-state index contributed by atoms with van der Waals surface area (Å²) in [6.07, 6.45) is 2.87. The fraction of sp³-hybridized carbons (Fsp3) is 0.476. The summed E-state index contributed by atoms with van der Waals surface area (Å²) in [5.74, 6) is 0.351. The van der Waals surface area contributed by atoms with Gasteiger partial charge in [0, 0.05) is 32.7 Å².